The average molecular weight is 319 g/mol. The van der Waals surface area contributed by atoms with Gasteiger partial charge in [0, 0.05) is 18.8 Å². The second-order valence-electron chi connectivity index (χ2n) is 6.05. The normalized spacial score (nSPS) is 24.8. The van der Waals surface area contributed by atoms with Crippen molar-refractivity contribution >= 4 is 5.91 Å². The highest BCUT2D eigenvalue weighted by Crippen LogP contribution is 2.24. The minimum atomic E-state index is -0.727. The van der Waals surface area contributed by atoms with Crippen LogP contribution in [-0.4, -0.2) is 59.8 Å². The van der Waals surface area contributed by atoms with E-state index in [1.54, 1.807) is 24.5 Å². The zero-order valence-electron chi connectivity index (χ0n) is 13.7. The zero-order valence-corrected chi connectivity index (χ0v) is 13.7. The van der Waals surface area contributed by atoms with Crippen molar-refractivity contribution < 1.29 is 14.6 Å². The first kappa shape index (κ1) is 17.4. The van der Waals surface area contributed by atoms with E-state index in [-0.39, 0.29) is 18.1 Å². The third-order valence-electron chi connectivity index (χ3n) is 3.79. The number of ether oxygens (including phenoxy) is 1. The molecule has 1 heterocycles. The van der Waals surface area contributed by atoms with Crippen LogP contribution < -0.4 is 10.1 Å². The SMILES string of the molecule is CN(C)C/C=C/C(=O)N[C@@H]1CCC[C@@H](Oc2cccnc2)[C@@H]1O. The van der Waals surface area contributed by atoms with Gasteiger partial charge in [-0.2, -0.15) is 0 Å². The van der Waals surface area contributed by atoms with Gasteiger partial charge in [-0.3, -0.25) is 9.78 Å². The van der Waals surface area contributed by atoms with Crippen molar-refractivity contribution in [3.05, 3.63) is 36.7 Å². The zero-order chi connectivity index (χ0) is 16.7. The molecule has 0 bridgehead atoms. The summed E-state index contributed by atoms with van der Waals surface area (Å²) >= 11 is 0. The standard InChI is InChI=1S/C17H25N3O3/c1-20(2)11-5-9-16(21)19-14-7-3-8-15(17(14)22)23-13-6-4-10-18-12-13/h4-6,9-10,12,14-15,17,22H,3,7-8,11H2,1-2H3,(H,19,21)/b9-5+/t14-,15-,17-/m1/s1. The first-order valence-corrected chi connectivity index (χ1v) is 7.93. The number of carbonyl (C=O) groups excluding carboxylic acids is 1. The van der Waals surface area contributed by atoms with Gasteiger partial charge in [0.25, 0.3) is 0 Å². The van der Waals surface area contributed by atoms with Crippen molar-refractivity contribution in [3.8, 4) is 5.75 Å². The maximum Gasteiger partial charge on any atom is 0.244 e. The summed E-state index contributed by atoms with van der Waals surface area (Å²) in [5.41, 5.74) is 0. The highest BCUT2D eigenvalue weighted by atomic mass is 16.5. The number of hydrogen-bond acceptors (Lipinski definition) is 5. The van der Waals surface area contributed by atoms with Gasteiger partial charge >= 0.3 is 0 Å². The number of hydrogen-bond donors (Lipinski definition) is 2. The van der Waals surface area contributed by atoms with Crippen LogP contribution in [0.2, 0.25) is 0 Å². The van der Waals surface area contributed by atoms with Crippen molar-refractivity contribution in [3.63, 3.8) is 0 Å². The molecule has 0 aromatic carbocycles. The first-order valence-electron chi connectivity index (χ1n) is 7.93. The number of aromatic nitrogens is 1. The molecule has 0 radical (unpaired) electrons. The maximum atomic E-state index is 11.9. The van der Waals surface area contributed by atoms with Crippen LogP contribution in [0.25, 0.3) is 0 Å². The van der Waals surface area contributed by atoms with Crippen LogP contribution >= 0.6 is 0 Å². The second kappa shape index (κ2) is 8.64. The predicted octanol–water partition coefficient (Wildman–Crippen LogP) is 0.976. The van der Waals surface area contributed by atoms with Crippen molar-refractivity contribution in [2.75, 3.05) is 20.6 Å². The van der Waals surface area contributed by atoms with Crippen molar-refractivity contribution in [2.45, 2.75) is 37.5 Å². The molecule has 0 spiro atoms. The number of nitrogens with zero attached hydrogens (tertiary/aromatic N) is 2. The Morgan fingerprint density at radius 1 is 1.52 bits per heavy atom. The van der Waals surface area contributed by atoms with Crippen molar-refractivity contribution in [1.82, 2.24) is 15.2 Å². The van der Waals surface area contributed by atoms with Gasteiger partial charge in [0.05, 0.1) is 12.2 Å². The van der Waals surface area contributed by atoms with E-state index in [2.05, 4.69) is 10.3 Å². The van der Waals surface area contributed by atoms with Crippen LogP contribution in [-0.2, 0) is 4.79 Å². The monoisotopic (exact) mass is 319 g/mol. The fraction of sp³-hybridized carbons (Fsp3) is 0.529. The summed E-state index contributed by atoms with van der Waals surface area (Å²) in [6.45, 7) is 0.702. The quantitative estimate of drug-likeness (QED) is 0.765. The van der Waals surface area contributed by atoms with Crippen molar-refractivity contribution in [2.24, 2.45) is 0 Å². The molecule has 0 saturated heterocycles. The van der Waals surface area contributed by atoms with Crippen LogP contribution in [0.3, 0.4) is 0 Å². The molecule has 1 aliphatic carbocycles. The van der Waals surface area contributed by atoms with E-state index in [9.17, 15) is 9.90 Å². The van der Waals surface area contributed by atoms with E-state index in [1.165, 1.54) is 6.08 Å². The molecule has 6 nitrogen and oxygen atoms in total. The van der Waals surface area contributed by atoms with Crippen LogP contribution in [0.1, 0.15) is 19.3 Å². The molecule has 6 heteroatoms. The molecule has 1 amide bonds. The molecule has 1 aromatic heterocycles. The van der Waals surface area contributed by atoms with Crippen LogP contribution in [0.5, 0.6) is 5.75 Å². The van der Waals surface area contributed by atoms with E-state index in [4.69, 9.17) is 4.74 Å². The molecular weight excluding hydrogens is 294 g/mol. The molecule has 1 aliphatic rings. The number of pyridine rings is 1. The summed E-state index contributed by atoms with van der Waals surface area (Å²) in [5, 5.41) is 13.3. The molecule has 2 N–H and O–H groups in total. The molecule has 126 valence electrons. The summed E-state index contributed by atoms with van der Waals surface area (Å²) < 4.78 is 5.80. The Bertz CT molecular complexity index is 519. The van der Waals surface area contributed by atoms with Crippen LogP contribution in [0.4, 0.5) is 0 Å². The molecule has 23 heavy (non-hydrogen) atoms. The molecule has 1 saturated carbocycles. The van der Waals surface area contributed by atoms with Gasteiger partial charge in [-0.25, -0.2) is 0 Å². The summed E-state index contributed by atoms with van der Waals surface area (Å²) in [7, 11) is 3.88. The Morgan fingerprint density at radius 3 is 3.04 bits per heavy atom. The molecule has 2 rings (SSSR count). The van der Waals surface area contributed by atoms with E-state index < -0.39 is 6.10 Å². The van der Waals surface area contributed by atoms with Gasteiger partial charge in [-0.1, -0.05) is 6.08 Å². The first-order chi connectivity index (χ1) is 11.1. The third-order valence-corrected chi connectivity index (χ3v) is 3.79. The Kier molecular flexibility index (Phi) is 6.55. The lowest BCUT2D eigenvalue weighted by Gasteiger charge is -2.35. The Morgan fingerprint density at radius 2 is 2.35 bits per heavy atom. The van der Waals surface area contributed by atoms with E-state index >= 15 is 0 Å². The number of aliphatic hydroxyl groups is 1. The lowest BCUT2D eigenvalue weighted by molar-refractivity contribution is -0.119. The lowest BCUT2D eigenvalue weighted by atomic mass is 9.90. The minimum absolute atomic E-state index is 0.182. The van der Waals surface area contributed by atoms with E-state index in [0.717, 1.165) is 19.3 Å². The molecule has 1 aromatic rings. The number of carbonyl (C=O) groups is 1. The summed E-state index contributed by atoms with van der Waals surface area (Å²) in [6, 6.07) is 3.31. The fourth-order valence-electron chi connectivity index (χ4n) is 2.62. The number of nitrogens with one attached hydrogen (secondary N) is 1. The highest BCUT2D eigenvalue weighted by Gasteiger charge is 2.34. The van der Waals surface area contributed by atoms with Gasteiger partial charge in [-0.05, 0) is 45.5 Å². The molecule has 0 unspecified atom stereocenters. The minimum Gasteiger partial charge on any atom is -0.486 e. The predicted molar refractivity (Wildman–Crippen MR) is 88.1 cm³/mol. The third kappa shape index (κ3) is 5.65. The fourth-order valence-corrected chi connectivity index (χ4v) is 2.62. The van der Waals surface area contributed by atoms with Gasteiger partial charge < -0.3 is 20.1 Å². The molecule has 1 fully saturated rings. The maximum absolute atomic E-state index is 11.9. The second-order valence-corrected chi connectivity index (χ2v) is 6.05. The number of amides is 1. The Balaban J connectivity index is 1.87. The van der Waals surface area contributed by atoms with Gasteiger partial charge in [-0.15, -0.1) is 0 Å². The Hall–Kier alpha value is -1.92. The molecular formula is C17H25N3O3. The highest BCUT2D eigenvalue weighted by molar-refractivity contribution is 5.87. The number of aliphatic hydroxyl groups excluding tert-OH is 1. The van der Waals surface area contributed by atoms with Gasteiger partial charge in [0.1, 0.15) is 18.0 Å². The van der Waals surface area contributed by atoms with E-state index in [1.807, 2.05) is 25.1 Å². The van der Waals surface area contributed by atoms with Gasteiger partial charge in [0.2, 0.25) is 5.91 Å². The summed E-state index contributed by atoms with van der Waals surface area (Å²) in [5.74, 6) is 0.451. The Labute approximate surface area is 137 Å². The van der Waals surface area contributed by atoms with Crippen LogP contribution in [0, 0.1) is 0 Å². The van der Waals surface area contributed by atoms with Crippen molar-refractivity contribution in [1.29, 1.82) is 0 Å². The summed E-state index contributed by atoms with van der Waals surface area (Å²) in [6.07, 6.45) is 7.96. The smallest absolute Gasteiger partial charge is 0.244 e. The topological polar surface area (TPSA) is 74.7 Å². The summed E-state index contributed by atoms with van der Waals surface area (Å²) in [4.78, 5) is 17.9. The average Bonchev–Trinajstić information content (AvgIpc) is 2.52. The van der Waals surface area contributed by atoms with E-state index in [0.29, 0.717) is 12.3 Å². The molecule has 3 atom stereocenters. The lowest BCUT2D eigenvalue weighted by Crippen LogP contribution is -2.52. The molecule has 0 aliphatic heterocycles. The van der Waals surface area contributed by atoms with Gasteiger partial charge in [0.15, 0.2) is 0 Å². The van der Waals surface area contributed by atoms with Crippen LogP contribution in [0.15, 0.2) is 36.7 Å². The largest absolute Gasteiger partial charge is 0.486 e. The number of rotatable bonds is 6. The number of likely N-dealkylation sites (N-methyl/N-ethyl adjacent to an activating group) is 1.